The normalized spacial score (nSPS) is 18.0. The number of aryl methyl sites for hydroxylation is 2. The number of nitrogens with one attached hydrogen (secondary N) is 1. The molecule has 3 rings (SSSR count). The summed E-state index contributed by atoms with van der Waals surface area (Å²) in [5.41, 5.74) is 2.88. The SMILES string of the molecule is CSCC[C@@H](Nc1nc(C)cc(C)n1)C(=O)N1CCO[C@H](c2ccccc2)C1. The maximum absolute atomic E-state index is 13.3. The molecule has 2 aromatic rings. The van der Waals surface area contributed by atoms with Gasteiger partial charge in [-0.25, -0.2) is 9.97 Å². The molecular weight excluding hydrogens is 372 g/mol. The predicted molar refractivity (Wildman–Crippen MR) is 114 cm³/mol. The molecule has 1 aromatic heterocycles. The average Bonchev–Trinajstić information content (AvgIpc) is 2.70. The largest absolute Gasteiger partial charge is 0.370 e. The highest BCUT2D eigenvalue weighted by atomic mass is 32.2. The van der Waals surface area contributed by atoms with Gasteiger partial charge in [0.25, 0.3) is 0 Å². The molecule has 1 aromatic carbocycles. The molecule has 1 fully saturated rings. The standard InChI is InChI=1S/C21H28N4O2S/c1-15-13-16(2)23-21(22-15)24-18(9-12-28-3)20(26)25-10-11-27-19(14-25)17-7-5-4-6-8-17/h4-8,13,18-19H,9-12,14H2,1-3H3,(H,22,23,24)/t18-,19+/m1/s1. The first-order valence-electron chi connectivity index (χ1n) is 9.60. The van der Waals surface area contributed by atoms with Crippen LogP contribution < -0.4 is 5.32 Å². The number of benzene rings is 1. The van der Waals surface area contributed by atoms with Crippen molar-refractivity contribution < 1.29 is 9.53 Å². The second kappa shape index (κ2) is 9.89. The summed E-state index contributed by atoms with van der Waals surface area (Å²) in [6.07, 6.45) is 2.69. The van der Waals surface area contributed by atoms with Crippen LogP contribution in [-0.2, 0) is 9.53 Å². The van der Waals surface area contributed by atoms with Gasteiger partial charge in [-0.2, -0.15) is 11.8 Å². The van der Waals surface area contributed by atoms with Gasteiger partial charge in [-0.1, -0.05) is 30.3 Å². The number of carbonyl (C=O) groups is 1. The van der Waals surface area contributed by atoms with Gasteiger partial charge in [0.1, 0.15) is 12.1 Å². The molecule has 0 aliphatic carbocycles. The van der Waals surface area contributed by atoms with Gasteiger partial charge >= 0.3 is 0 Å². The number of nitrogens with zero attached hydrogens (tertiary/aromatic N) is 3. The van der Waals surface area contributed by atoms with Gasteiger partial charge in [0.15, 0.2) is 0 Å². The van der Waals surface area contributed by atoms with Crippen molar-refractivity contribution in [3.63, 3.8) is 0 Å². The third-order valence-electron chi connectivity index (χ3n) is 4.74. The minimum absolute atomic E-state index is 0.0843. The summed E-state index contributed by atoms with van der Waals surface area (Å²) in [4.78, 5) is 24.1. The van der Waals surface area contributed by atoms with E-state index in [1.807, 2.05) is 55.1 Å². The summed E-state index contributed by atoms with van der Waals surface area (Å²) in [5.74, 6) is 1.49. The van der Waals surface area contributed by atoms with Crippen molar-refractivity contribution in [3.05, 3.63) is 53.3 Å². The minimum atomic E-state index is -0.344. The molecule has 1 N–H and O–H groups in total. The first-order chi connectivity index (χ1) is 13.6. The number of aromatic nitrogens is 2. The molecule has 6 nitrogen and oxygen atoms in total. The topological polar surface area (TPSA) is 67.4 Å². The van der Waals surface area contributed by atoms with E-state index in [1.165, 1.54) is 0 Å². The van der Waals surface area contributed by atoms with Crippen LogP contribution in [0.15, 0.2) is 36.4 Å². The van der Waals surface area contributed by atoms with Crippen molar-refractivity contribution in [3.8, 4) is 0 Å². The molecule has 2 atom stereocenters. The molecule has 1 saturated heterocycles. The van der Waals surface area contributed by atoms with E-state index in [4.69, 9.17) is 4.74 Å². The molecule has 0 saturated carbocycles. The van der Waals surface area contributed by atoms with Crippen LogP contribution in [0.25, 0.3) is 0 Å². The Balaban J connectivity index is 1.72. The van der Waals surface area contributed by atoms with Gasteiger partial charge in [0, 0.05) is 17.9 Å². The number of hydrogen-bond acceptors (Lipinski definition) is 6. The van der Waals surface area contributed by atoms with Crippen molar-refractivity contribution in [1.82, 2.24) is 14.9 Å². The highest BCUT2D eigenvalue weighted by Crippen LogP contribution is 2.23. The lowest BCUT2D eigenvalue weighted by atomic mass is 10.1. The van der Waals surface area contributed by atoms with E-state index in [2.05, 4.69) is 21.5 Å². The first kappa shape index (κ1) is 20.6. The summed E-state index contributed by atoms with van der Waals surface area (Å²) in [5, 5.41) is 3.28. The fraction of sp³-hybridized carbons (Fsp3) is 0.476. The van der Waals surface area contributed by atoms with Crippen molar-refractivity contribution >= 4 is 23.6 Å². The lowest BCUT2D eigenvalue weighted by molar-refractivity contribution is -0.139. The molecule has 0 bridgehead atoms. The molecule has 0 unspecified atom stereocenters. The Morgan fingerprint density at radius 3 is 2.68 bits per heavy atom. The molecule has 1 aliphatic rings. The van der Waals surface area contributed by atoms with Crippen molar-refractivity contribution in [2.24, 2.45) is 0 Å². The quantitative estimate of drug-likeness (QED) is 0.770. The van der Waals surface area contributed by atoms with Gasteiger partial charge in [0.05, 0.1) is 13.2 Å². The highest BCUT2D eigenvalue weighted by molar-refractivity contribution is 7.98. The third-order valence-corrected chi connectivity index (χ3v) is 5.39. The lowest BCUT2D eigenvalue weighted by Gasteiger charge is -2.35. The maximum Gasteiger partial charge on any atom is 0.245 e. The first-order valence-corrected chi connectivity index (χ1v) is 11.0. The predicted octanol–water partition coefficient (Wildman–Crippen LogP) is 3.23. The van der Waals surface area contributed by atoms with Crippen LogP contribution in [0, 0.1) is 13.8 Å². The van der Waals surface area contributed by atoms with Gasteiger partial charge in [-0.05, 0) is 43.9 Å². The molecule has 1 amide bonds. The number of morpholine rings is 1. The smallest absolute Gasteiger partial charge is 0.245 e. The number of carbonyl (C=O) groups excluding carboxylic acids is 1. The van der Waals surface area contributed by atoms with Gasteiger partial charge < -0.3 is 15.0 Å². The van der Waals surface area contributed by atoms with Crippen LogP contribution in [0.1, 0.15) is 29.5 Å². The Labute approximate surface area is 171 Å². The molecule has 0 spiro atoms. The van der Waals surface area contributed by atoms with Gasteiger partial charge in [-0.15, -0.1) is 0 Å². The van der Waals surface area contributed by atoms with E-state index >= 15 is 0 Å². The fourth-order valence-electron chi connectivity index (χ4n) is 3.38. The second-order valence-electron chi connectivity index (χ2n) is 7.01. The van der Waals surface area contributed by atoms with E-state index in [1.54, 1.807) is 11.8 Å². The molecule has 150 valence electrons. The third kappa shape index (κ3) is 5.45. The summed E-state index contributed by atoms with van der Waals surface area (Å²) in [6, 6.07) is 11.7. The number of thioether (sulfide) groups is 1. The summed E-state index contributed by atoms with van der Waals surface area (Å²) < 4.78 is 5.91. The molecule has 0 radical (unpaired) electrons. The lowest BCUT2D eigenvalue weighted by Crippen LogP contribution is -2.49. The second-order valence-corrected chi connectivity index (χ2v) is 7.99. The number of amides is 1. The highest BCUT2D eigenvalue weighted by Gasteiger charge is 2.30. The number of ether oxygens (including phenoxy) is 1. The molecule has 28 heavy (non-hydrogen) atoms. The van der Waals surface area contributed by atoms with Crippen LogP contribution in [0.5, 0.6) is 0 Å². The Hall–Kier alpha value is -2.12. The summed E-state index contributed by atoms with van der Waals surface area (Å²) in [6.45, 7) is 5.58. The van der Waals surface area contributed by atoms with E-state index in [0.717, 1.165) is 29.1 Å². The minimum Gasteiger partial charge on any atom is -0.370 e. The monoisotopic (exact) mass is 400 g/mol. The Morgan fingerprint density at radius 2 is 2.00 bits per heavy atom. The van der Waals surface area contributed by atoms with E-state index in [9.17, 15) is 4.79 Å². The van der Waals surface area contributed by atoms with Crippen molar-refractivity contribution in [1.29, 1.82) is 0 Å². The van der Waals surface area contributed by atoms with Crippen molar-refractivity contribution in [2.45, 2.75) is 32.4 Å². The number of hydrogen-bond donors (Lipinski definition) is 1. The molecular formula is C21H28N4O2S. The van der Waals surface area contributed by atoms with E-state index < -0.39 is 0 Å². The summed E-state index contributed by atoms with van der Waals surface area (Å²) >= 11 is 1.73. The Kier molecular flexibility index (Phi) is 7.28. The van der Waals surface area contributed by atoms with Gasteiger partial charge in [-0.3, -0.25) is 4.79 Å². The van der Waals surface area contributed by atoms with Gasteiger partial charge in [0.2, 0.25) is 11.9 Å². The summed E-state index contributed by atoms with van der Waals surface area (Å²) in [7, 11) is 0. The van der Waals surface area contributed by atoms with E-state index in [-0.39, 0.29) is 18.1 Å². The fourth-order valence-corrected chi connectivity index (χ4v) is 3.85. The van der Waals surface area contributed by atoms with Crippen molar-refractivity contribution in [2.75, 3.05) is 37.0 Å². The molecule has 1 aliphatic heterocycles. The molecule has 7 heteroatoms. The van der Waals surface area contributed by atoms with E-state index in [0.29, 0.717) is 25.6 Å². The zero-order chi connectivity index (χ0) is 19.9. The molecule has 2 heterocycles. The van der Waals surface area contributed by atoms with Crippen LogP contribution in [0.3, 0.4) is 0 Å². The van der Waals surface area contributed by atoms with Crippen LogP contribution in [-0.4, -0.2) is 58.5 Å². The average molecular weight is 401 g/mol. The van der Waals surface area contributed by atoms with Crippen LogP contribution >= 0.6 is 11.8 Å². The van der Waals surface area contributed by atoms with Crippen LogP contribution in [0.4, 0.5) is 5.95 Å². The number of rotatable bonds is 7. The Bertz CT molecular complexity index is 767. The number of anilines is 1. The zero-order valence-electron chi connectivity index (χ0n) is 16.7. The zero-order valence-corrected chi connectivity index (χ0v) is 17.5. The van der Waals surface area contributed by atoms with Crippen LogP contribution in [0.2, 0.25) is 0 Å². The maximum atomic E-state index is 13.3. The Morgan fingerprint density at radius 1 is 1.29 bits per heavy atom.